The van der Waals surface area contributed by atoms with E-state index in [1.165, 1.54) is 19.4 Å². The molecule has 0 aromatic rings. The molecule has 90 valence electrons. The van der Waals surface area contributed by atoms with E-state index in [1.54, 1.807) is 7.11 Å². The van der Waals surface area contributed by atoms with Crippen molar-refractivity contribution in [1.82, 2.24) is 4.90 Å². The zero-order valence-corrected chi connectivity index (χ0v) is 10.6. The highest BCUT2D eigenvalue weighted by atomic mass is 16.5. The minimum atomic E-state index is -0.0183. The van der Waals surface area contributed by atoms with Crippen LogP contribution < -0.4 is 0 Å². The van der Waals surface area contributed by atoms with Gasteiger partial charge in [0.05, 0.1) is 18.8 Å². The van der Waals surface area contributed by atoms with Crippen LogP contribution in [0, 0.1) is 0 Å². The zero-order valence-electron chi connectivity index (χ0n) is 10.6. The average molecular weight is 215 g/mol. The molecule has 1 rings (SSSR count). The maximum atomic E-state index is 5.84. The number of nitrogens with zero attached hydrogens (tertiary/aromatic N) is 1. The van der Waals surface area contributed by atoms with E-state index in [1.807, 2.05) is 0 Å². The van der Waals surface area contributed by atoms with Crippen molar-refractivity contribution < 1.29 is 9.47 Å². The van der Waals surface area contributed by atoms with Crippen molar-refractivity contribution in [3.8, 4) is 0 Å². The molecule has 0 N–H and O–H groups in total. The second kappa shape index (κ2) is 5.83. The summed E-state index contributed by atoms with van der Waals surface area (Å²) in [5, 5.41) is 0. The second-order valence-electron chi connectivity index (χ2n) is 5.25. The first-order valence-corrected chi connectivity index (χ1v) is 5.90. The third-order valence-corrected chi connectivity index (χ3v) is 2.79. The highest BCUT2D eigenvalue weighted by Crippen LogP contribution is 2.19. The van der Waals surface area contributed by atoms with Crippen LogP contribution in [-0.2, 0) is 9.47 Å². The molecule has 0 radical (unpaired) electrons. The first kappa shape index (κ1) is 12.9. The predicted molar refractivity (Wildman–Crippen MR) is 62.2 cm³/mol. The van der Waals surface area contributed by atoms with Gasteiger partial charge in [0.25, 0.3) is 0 Å². The van der Waals surface area contributed by atoms with Gasteiger partial charge < -0.3 is 9.47 Å². The zero-order chi connectivity index (χ0) is 11.3. The standard InChI is InChI=1S/C12H25NO2/c1-12(2,3)15-10-11-6-5-7-13(11)8-9-14-4/h11H,5-10H2,1-4H3. The van der Waals surface area contributed by atoms with Crippen LogP contribution in [0.1, 0.15) is 33.6 Å². The van der Waals surface area contributed by atoms with Gasteiger partial charge in [0.1, 0.15) is 0 Å². The SMILES string of the molecule is COCCN1CCCC1COC(C)(C)C. The summed E-state index contributed by atoms with van der Waals surface area (Å²) >= 11 is 0. The van der Waals surface area contributed by atoms with Crippen molar-refractivity contribution >= 4 is 0 Å². The van der Waals surface area contributed by atoms with E-state index in [2.05, 4.69) is 25.7 Å². The van der Waals surface area contributed by atoms with Crippen molar-refractivity contribution in [2.75, 3.05) is 33.4 Å². The maximum Gasteiger partial charge on any atom is 0.0628 e. The molecule has 1 saturated heterocycles. The van der Waals surface area contributed by atoms with Gasteiger partial charge in [0.2, 0.25) is 0 Å². The minimum absolute atomic E-state index is 0.0183. The van der Waals surface area contributed by atoms with Crippen molar-refractivity contribution in [1.29, 1.82) is 0 Å². The van der Waals surface area contributed by atoms with Gasteiger partial charge in [-0.3, -0.25) is 4.90 Å². The molecule has 3 nitrogen and oxygen atoms in total. The molecule has 1 atom stereocenters. The number of hydrogen-bond donors (Lipinski definition) is 0. The molecule has 15 heavy (non-hydrogen) atoms. The molecular formula is C12H25NO2. The number of rotatable bonds is 5. The summed E-state index contributed by atoms with van der Waals surface area (Å²) < 4.78 is 11.0. The average Bonchev–Trinajstić information content (AvgIpc) is 2.57. The number of likely N-dealkylation sites (tertiary alicyclic amines) is 1. The van der Waals surface area contributed by atoms with E-state index >= 15 is 0 Å². The summed E-state index contributed by atoms with van der Waals surface area (Å²) in [4.78, 5) is 2.48. The maximum absolute atomic E-state index is 5.84. The van der Waals surface area contributed by atoms with Gasteiger partial charge in [-0.2, -0.15) is 0 Å². The molecule has 0 amide bonds. The topological polar surface area (TPSA) is 21.7 Å². The summed E-state index contributed by atoms with van der Waals surface area (Å²) in [5.41, 5.74) is -0.0183. The number of ether oxygens (including phenoxy) is 2. The van der Waals surface area contributed by atoms with Crippen LogP contribution in [-0.4, -0.2) is 50.0 Å². The summed E-state index contributed by atoms with van der Waals surface area (Å²) in [6.07, 6.45) is 2.56. The van der Waals surface area contributed by atoms with Crippen molar-refractivity contribution in [2.45, 2.75) is 45.3 Å². The van der Waals surface area contributed by atoms with Crippen molar-refractivity contribution in [3.63, 3.8) is 0 Å². The molecule has 1 aliphatic rings. The van der Waals surface area contributed by atoms with Gasteiger partial charge in [-0.05, 0) is 40.2 Å². The van der Waals surface area contributed by atoms with Crippen LogP contribution >= 0.6 is 0 Å². The Morgan fingerprint density at radius 1 is 1.33 bits per heavy atom. The van der Waals surface area contributed by atoms with Gasteiger partial charge in [0, 0.05) is 19.7 Å². The van der Waals surface area contributed by atoms with Gasteiger partial charge in [-0.1, -0.05) is 0 Å². The van der Waals surface area contributed by atoms with E-state index in [0.29, 0.717) is 6.04 Å². The molecule has 0 aromatic heterocycles. The first-order valence-electron chi connectivity index (χ1n) is 5.90. The molecule has 1 fully saturated rings. The Bertz CT molecular complexity index is 177. The Labute approximate surface area is 93.7 Å². The van der Waals surface area contributed by atoms with Crippen molar-refractivity contribution in [2.24, 2.45) is 0 Å². The Kier molecular flexibility index (Phi) is 5.03. The Hall–Kier alpha value is -0.120. The van der Waals surface area contributed by atoms with E-state index in [0.717, 1.165) is 19.8 Å². The Morgan fingerprint density at radius 3 is 2.67 bits per heavy atom. The van der Waals surface area contributed by atoms with Gasteiger partial charge in [0.15, 0.2) is 0 Å². The van der Waals surface area contributed by atoms with Gasteiger partial charge in [-0.25, -0.2) is 0 Å². The van der Waals surface area contributed by atoms with Crippen LogP contribution in [0.25, 0.3) is 0 Å². The normalized spacial score (nSPS) is 23.6. The fourth-order valence-corrected chi connectivity index (χ4v) is 1.93. The van der Waals surface area contributed by atoms with E-state index in [-0.39, 0.29) is 5.60 Å². The number of hydrogen-bond acceptors (Lipinski definition) is 3. The fraction of sp³-hybridized carbons (Fsp3) is 1.00. The molecule has 0 aromatic carbocycles. The molecule has 1 aliphatic heterocycles. The third kappa shape index (κ3) is 4.96. The van der Waals surface area contributed by atoms with E-state index in [9.17, 15) is 0 Å². The fourth-order valence-electron chi connectivity index (χ4n) is 1.93. The second-order valence-corrected chi connectivity index (χ2v) is 5.25. The lowest BCUT2D eigenvalue weighted by Gasteiger charge is -2.28. The molecule has 0 saturated carbocycles. The van der Waals surface area contributed by atoms with E-state index < -0.39 is 0 Å². The van der Waals surface area contributed by atoms with Crippen LogP contribution in [0.5, 0.6) is 0 Å². The lowest BCUT2D eigenvalue weighted by atomic mass is 10.2. The van der Waals surface area contributed by atoms with Crippen LogP contribution in [0.15, 0.2) is 0 Å². The van der Waals surface area contributed by atoms with Crippen LogP contribution in [0.3, 0.4) is 0 Å². The van der Waals surface area contributed by atoms with Crippen LogP contribution in [0.2, 0.25) is 0 Å². The predicted octanol–water partition coefficient (Wildman–Crippen LogP) is 1.91. The smallest absolute Gasteiger partial charge is 0.0628 e. The summed E-state index contributed by atoms with van der Waals surface area (Å²) in [7, 11) is 1.76. The summed E-state index contributed by atoms with van der Waals surface area (Å²) in [5.74, 6) is 0. The quantitative estimate of drug-likeness (QED) is 0.699. The van der Waals surface area contributed by atoms with Gasteiger partial charge >= 0.3 is 0 Å². The summed E-state index contributed by atoms with van der Waals surface area (Å²) in [6, 6.07) is 0.597. The molecule has 0 spiro atoms. The largest absolute Gasteiger partial charge is 0.383 e. The molecule has 1 heterocycles. The van der Waals surface area contributed by atoms with Crippen molar-refractivity contribution in [3.05, 3.63) is 0 Å². The third-order valence-electron chi connectivity index (χ3n) is 2.79. The molecule has 0 bridgehead atoms. The molecule has 1 unspecified atom stereocenters. The minimum Gasteiger partial charge on any atom is -0.383 e. The number of methoxy groups -OCH3 is 1. The van der Waals surface area contributed by atoms with E-state index in [4.69, 9.17) is 9.47 Å². The highest BCUT2D eigenvalue weighted by Gasteiger charge is 2.25. The monoisotopic (exact) mass is 215 g/mol. The highest BCUT2D eigenvalue weighted by molar-refractivity contribution is 4.79. The van der Waals surface area contributed by atoms with Crippen LogP contribution in [0.4, 0.5) is 0 Å². The molecule has 3 heteroatoms. The lowest BCUT2D eigenvalue weighted by Crippen LogP contribution is -2.37. The Balaban J connectivity index is 2.27. The van der Waals surface area contributed by atoms with Gasteiger partial charge in [-0.15, -0.1) is 0 Å². The molecule has 0 aliphatic carbocycles. The molecular weight excluding hydrogens is 190 g/mol. The first-order chi connectivity index (χ1) is 7.03. The lowest BCUT2D eigenvalue weighted by molar-refractivity contribution is -0.0302. The summed E-state index contributed by atoms with van der Waals surface area (Å²) in [6.45, 7) is 10.2. The Morgan fingerprint density at radius 2 is 2.07 bits per heavy atom.